The maximum atomic E-state index is 13.7. The lowest BCUT2D eigenvalue weighted by atomic mass is 9.98. The number of H-pyrrole nitrogens is 1. The van der Waals surface area contributed by atoms with E-state index in [-0.39, 0.29) is 16.5 Å². The van der Waals surface area contributed by atoms with Gasteiger partial charge >= 0.3 is 12.1 Å². The molecule has 1 saturated carbocycles. The predicted octanol–water partition coefficient (Wildman–Crippen LogP) is 6.83. The number of halogens is 4. The van der Waals surface area contributed by atoms with Gasteiger partial charge in [0.1, 0.15) is 17.1 Å². The van der Waals surface area contributed by atoms with Gasteiger partial charge in [0.2, 0.25) is 0 Å². The molecule has 1 heterocycles. The second-order valence-corrected chi connectivity index (χ2v) is 8.35. The van der Waals surface area contributed by atoms with Crippen molar-refractivity contribution in [3.05, 3.63) is 52.7 Å². The Morgan fingerprint density at radius 3 is 2.59 bits per heavy atom. The van der Waals surface area contributed by atoms with E-state index in [0.29, 0.717) is 12.0 Å². The van der Waals surface area contributed by atoms with Crippen LogP contribution in [0.4, 0.5) is 13.2 Å². The minimum Gasteiger partial charge on any atom is -0.482 e. The lowest BCUT2D eigenvalue weighted by Gasteiger charge is -2.17. The van der Waals surface area contributed by atoms with Crippen molar-refractivity contribution in [2.24, 2.45) is 5.92 Å². The van der Waals surface area contributed by atoms with Gasteiger partial charge in [-0.25, -0.2) is 4.79 Å². The van der Waals surface area contributed by atoms with Crippen molar-refractivity contribution in [3.63, 3.8) is 0 Å². The maximum Gasteiger partial charge on any atom is 0.420 e. The Morgan fingerprint density at radius 1 is 1.16 bits per heavy atom. The Bertz CT molecular complexity index is 1140. The van der Waals surface area contributed by atoms with Gasteiger partial charge in [-0.05, 0) is 42.2 Å². The molecule has 0 saturated heterocycles. The van der Waals surface area contributed by atoms with Gasteiger partial charge in [-0.2, -0.15) is 13.2 Å². The molecule has 1 aliphatic rings. The van der Waals surface area contributed by atoms with Gasteiger partial charge in [-0.1, -0.05) is 37.3 Å². The van der Waals surface area contributed by atoms with Crippen LogP contribution in [0.1, 0.15) is 36.8 Å². The number of aromatic nitrogens is 1. The van der Waals surface area contributed by atoms with Crippen LogP contribution in [0.25, 0.3) is 10.9 Å². The second kappa shape index (κ2) is 8.94. The summed E-state index contributed by atoms with van der Waals surface area (Å²) >= 11 is 6.09. The first-order chi connectivity index (χ1) is 15.2. The molecule has 0 amide bonds. The molecular weight excluding hydrogens is 447 g/mol. The molecule has 1 aromatic heterocycles. The van der Waals surface area contributed by atoms with Gasteiger partial charge < -0.3 is 19.6 Å². The van der Waals surface area contributed by atoms with E-state index in [0.717, 1.165) is 29.0 Å². The van der Waals surface area contributed by atoms with Crippen LogP contribution in [0.5, 0.6) is 17.2 Å². The van der Waals surface area contributed by atoms with Crippen molar-refractivity contribution in [3.8, 4) is 17.2 Å². The van der Waals surface area contributed by atoms with Crippen molar-refractivity contribution < 1.29 is 32.5 Å². The third kappa shape index (κ3) is 4.96. The van der Waals surface area contributed by atoms with Crippen molar-refractivity contribution >= 4 is 28.5 Å². The number of alkyl halides is 3. The molecule has 0 bridgehead atoms. The molecular formula is C23H21ClF3NO4. The number of hydrogen-bond donors (Lipinski definition) is 2. The van der Waals surface area contributed by atoms with Crippen LogP contribution in [0.15, 0.2) is 36.5 Å². The summed E-state index contributed by atoms with van der Waals surface area (Å²) in [6.45, 7) is -0.790. The highest BCUT2D eigenvalue weighted by Crippen LogP contribution is 2.45. The number of nitrogens with one attached hydrogen (secondary N) is 1. The molecule has 5 nitrogen and oxygen atoms in total. The Hall–Kier alpha value is -2.87. The second-order valence-electron chi connectivity index (χ2n) is 7.94. The van der Waals surface area contributed by atoms with Crippen LogP contribution in [0.2, 0.25) is 5.02 Å². The highest BCUT2D eigenvalue weighted by atomic mass is 35.5. The maximum absolute atomic E-state index is 13.7. The van der Waals surface area contributed by atoms with Gasteiger partial charge in [-0.3, -0.25) is 0 Å². The zero-order chi connectivity index (χ0) is 22.9. The lowest BCUT2D eigenvalue weighted by Crippen LogP contribution is -2.12. The summed E-state index contributed by atoms with van der Waals surface area (Å²) in [7, 11) is 0. The van der Waals surface area contributed by atoms with Crippen LogP contribution in [-0.4, -0.2) is 22.7 Å². The molecule has 0 atom stereocenters. The molecule has 1 aliphatic carbocycles. The Balaban J connectivity index is 1.65. The van der Waals surface area contributed by atoms with Crippen LogP contribution in [0, 0.1) is 5.92 Å². The van der Waals surface area contributed by atoms with Crippen molar-refractivity contribution in [1.29, 1.82) is 0 Å². The van der Waals surface area contributed by atoms with E-state index in [2.05, 4.69) is 4.98 Å². The number of aliphatic carboxylic acids is 1. The van der Waals surface area contributed by atoms with E-state index in [4.69, 9.17) is 26.2 Å². The van der Waals surface area contributed by atoms with Crippen LogP contribution < -0.4 is 9.47 Å². The molecule has 170 valence electrons. The number of fused-ring (bicyclic) bond motifs is 1. The average molecular weight is 468 g/mol. The zero-order valence-corrected chi connectivity index (χ0v) is 17.7. The van der Waals surface area contributed by atoms with Gasteiger partial charge in [0, 0.05) is 23.2 Å². The topological polar surface area (TPSA) is 71.6 Å². The summed E-state index contributed by atoms with van der Waals surface area (Å²) < 4.78 is 51.6. The number of aromatic amines is 1. The van der Waals surface area contributed by atoms with Gasteiger partial charge in [0.25, 0.3) is 0 Å². The minimum absolute atomic E-state index is 0.219. The fraction of sp³-hybridized carbons (Fsp3) is 0.348. The number of ether oxygens (including phenoxy) is 2. The number of carboxylic acid groups (broad SMARTS) is 1. The third-order valence-corrected chi connectivity index (χ3v) is 5.91. The molecule has 4 rings (SSSR count). The minimum atomic E-state index is -4.78. The van der Waals surface area contributed by atoms with Gasteiger partial charge in [0.15, 0.2) is 12.4 Å². The number of rotatable bonds is 7. The van der Waals surface area contributed by atoms with Crippen LogP contribution in [-0.2, 0) is 17.4 Å². The molecule has 2 N–H and O–H groups in total. The van der Waals surface area contributed by atoms with Crippen LogP contribution in [0.3, 0.4) is 0 Å². The molecule has 0 aliphatic heterocycles. The highest BCUT2D eigenvalue weighted by molar-refractivity contribution is 6.32. The van der Waals surface area contributed by atoms with E-state index in [1.807, 2.05) is 6.20 Å². The fourth-order valence-electron chi connectivity index (χ4n) is 4.14. The number of carbonyl (C=O) groups is 1. The molecule has 0 unspecified atom stereocenters. The molecule has 0 spiro atoms. The van der Waals surface area contributed by atoms with Crippen molar-refractivity contribution in [2.45, 2.75) is 38.3 Å². The van der Waals surface area contributed by atoms with E-state index in [1.54, 1.807) is 18.2 Å². The van der Waals surface area contributed by atoms with E-state index in [9.17, 15) is 18.0 Å². The number of benzene rings is 2. The van der Waals surface area contributed by atoms with Gasteiger partial charge in [0.05, 0.1) is 5.02 Å². The third-order valence-electron chi connectivity index (χ3n) is 5.63. The highest BCUT2D eigenvalue weighted by Gasteiger charge is 2.37. The smallest absolute Gasteiger partial charge is 0.420 e. The normalized spacial score (nSPS) is 14.8. The SMILES string of the molecule is O=C(O)COc1cc(Cl)c(Oc2ccc3[nH]cc(CC4CCCC4)c3c2)c(C(F)(F)F)c1. The summed E-state index contributed by atoms with van der Waals surface area (Å²) in [5.74, 6) is -1.35. The molecule has 32 heavy (non-hydrogen) atoms. The van der Waals surface area contributed by atoms with E-state index in [1.165, 1.54) is 25.7 Å². The summed E-state index contributed by atoms with van der Waals surface area (Å²) in [5.41, 5.74) is 0.840. The van der Waals surface area contributed by atoms with Gasteiger partial charge in [-0.15, -0.1) is 0 Å². The Kier molecular flexibility index (Phi) is 6.24. The van der Waals surface area contributed by atoms with E-state index >= 15 is 0 Å². The molecule has 1 fully saturated rings. The Labute approximate surface area is 187 Å². The van der Waals surface area contributed by atoms with E-state index < -0.39 is 30.1 Å². The molecule has 3 aromatic rings. The lowest BCUT2D eigenvalue weighted by molar-refractivity contribution is -0.139. The summed E-state index contributed by atoms with van der Waals surface area (Å²) in [6.07, 6.45) is 2.89. The van der Waals surface area contributed by atoms with Crippen molar-refractivity contribution in [2.75, 3.05) is 6.61 Å². The standard InChI is InChI=1S/C23H21ClF3NO4/c24-19-10-16(31-12-21(29)30)9-18(23(25,26)27)22(19)32-15-5-6-20-17(8-15)14(11-28-20)7-13-3-1-2-4-13/h5-6,8-11,13,28H,1-4,7,12H2,(H,29,30). The molecule has 2 aromatic carbocycles. The first-order valence-electron chi connectivity index (χ1n) is 10.2. The number of hydrogen-bond acceptors (Lipinski definition) is 3. The quantitative estimate of drug-likeness (QED) is 0.399. The van der Waals surface area contributed by atoms with Crippen LogP contribution >= 0.6 is 11.6 Å². The predicted molar refractivity (Wildman–Crippen MR) is 114 cm³/mol. The largest absolute Gasteiger partial charge is 0.482 e. The zero-order valence-electron chi connectivity index (χ0n) is 17.0. The first-order valence-corrected chi connectivity index (χ1v) is 10.6. The summed E-state index contributed by atoms with van der Waals surface area (Å²) in [4.78, 5) is 13.9. The fourth-order valence-corrected chi connectivity index (χ4v) is 4.39. The van der Waals surface area contributed by atoms with Crippen molar-refractivity contribution in [1.82, 2.24) is 4.98 Å². The molecule has 0 radical (unpaired) electrons. The molecule has 9 heteroatoms. The monoisotopic (exact) mass is 467 g/mol. The number of carboxylic acids is 1. The first kappa shape index (κ1) is 22.3. The summed E-state index contributed by atoms with van der Waals surface area (Å²) in [5, 5.41) is 9.27. The summed E-state index contributed by atoms with van der Waals surface area (Å²) in [6, 6.07) is 6.83. The average Bonchev–Trinajstić information content (AvgIpc) is 3.37. The Morgan fingerprint density at radius 2 is 1.91 bits per heavy atom.